The van der Waals surface area contributed by atoms with Crippen LogP contribution in [-0.2, 0) is 6.54 Å². The maximum atomic E-state index is 10.6. The summed E-state index contributed by atoms with van der Waals surface area (Å²) in [5.74, 6) is 0.452. The van der Waals surface area contributed by atoms with Gasteiger partial charge in [0.2, 0.25) is 6.39 Å². The van der Waals surface area contributed by atoms with Crippen molar-refractivity contribution in [1.29, 1.82) is 0 Å². The summed E-state index contributed by atoms with van der Waals surface area (Å²) >= 11 is 0. The Morgan fingerprint density at radius 1 is 1.42 bits per heavy atom. The van der Waals surface area contributed by atoms with Crippen molar-refractivity contribution in [3.05, 3.63) is 40.5 Å². The average molecular weight is 261 g/mol. The smallest absolute Gasteiger partial charge is 0.296 e. The standard InChI is InChI=1S/C10H7N5O4/c16-15(17)6-1-2-8-7(3-6)13-10(19-8)11-4-9-12-5-18-14-9/h1-3,5H,4H2,(H,11,13). The van der Waals surface area contributed by atoms with Gasteiger partial charge in [-0.2, -0.15) is 9.97 Å². The molecule has 2 heterocycles. The molecule has 3 rings (SSSR count). The normalized spacial score (nSPS) is 10.7. The second-order valence-corrected chi connectivity index (χ2v) is 3.63. The summed E-state index contributed by atoms with van der Waals surface area (Å²) in [7, 11) is 0. The van der Waals surface area contributed by atoms with E-state index in [1.165, 1.54) is 24.6 Å². The molecule has 0 radical (unpaired) electrons. The number of nitrogens with one attached hydrogen (secondary N) is 1. The Labute approximate surface area is 105 Å². The third kappa shape index (κ3) is 2.20. The lowest BCUT2D eigenvalue weighted by Gasteiger charge is -1.94. The van der Waals surface area contributed by atoms with Gasteiger partial charge >= 0.3 is 0 Å². The van der Waals surface area contributed by atoms with Gasteiger partial charge in [-0.1, -0.05) is 5.16 Å². The summed E-state index contributed by atoms with van der Waals surface area (Å²) in [6.45, 7) is 0.283. The first-order chi connectivity index (χ1) is 9.22. The maximum absolute atomic E-state index is 10.6. The van der Waals surface area contributed by atoms with Crippen LogP contribution in [0.3, 0.4) is 0 Å². The Balaban J connectivity index is 1.83. The van der Waals surface area contributed by atoms with Gasteiger partial charge in [-0.05, 0) is 6.07 Å². The molecule has 3 aromatic rings. The van der Waals surface area contributed by atoms with Crippen molar-refractivity contribution in [2.45, 2.75) is 6.54 Å². The van der Waals surface area contributed by atoms with Gasteiger partial charge < -0.3 is 14.3 Å². The van der Waals surface area contributed by atoms with Crippen molar-refractivity contribution in [2.24, 2.45) is 0 Å². The molecule has 0 aliphatic heterocycles. The second-order valence-electron chi connectivity index (χ2n) is 3.63. The summed E-state index contributed by atoms with van der Waals surface area (Å²) < 4.78 is 9.95. The summed E-state index contributed by atoms with van der Waals surface area (Å²) in [6.07, 6.45) is 1.21. The topological polar surface area (TPSA) is 120 Å². The van der Waals surface area contributed by atoms with Gasteiger partial charge in [0.15, 0.2) is 11.4 Å². The van der Waals surface area contributed by atoms with E-state index >= 15 is 0 Å². The fourth-order valence-corrected chi connectivity index (χ4v) is 1.53. The summed E-state index contributed by atoms with van der Waals surface area (Å²) in [5, 5.41) is 17.1. The molecular weight excluding hydrogens is 254 g/mol. The highest BCUT2D eigenvalue weighted by atomic mass is 16.6. The SMILES string of the molecule is O=[N+]([O-])c1ccc2oc(NCc3ncon3)nc2c1. The van der Waals surface area contributed by atoms with Crippen molar-refractivity contribution in [3.8, 4) is 0 Å². The molecule has 0 bridgehead atoms. The van der Waals surface area contributed by atoms with Gasteiger partial charge in [0.1, 0.15) is 5.52 Å². The van der Waals surface area contributed by atoms with E-state index in [4.69, 9.17) is 4.42 Å². The van der Waals surface area contributed by atoms with E-state index in [0.29, 0.717) is 16.9 Å². The van der Waals surface area contributed by atoms with Crippen molar-refractivity contribution < 1.29 is 13.9 Å². The van der Waals surface area contributed by atoms with Crippen molar-refractivity contribution in [1.82, 2.24) is 15.1 Å². The number of nitro benzene ring substituents is 1. The van der Waals surface area contributed by atoms with E-state index in [-0.39, 0.29) is 18.2 Å². The number of benzene rings is 1. The highest BCUT2D eigenvalue weighted by Gasteiger charge is 2.11. The third-order valence-electron chi connectivity index (χ3n) is 2.39. The molecule has 0 saturated carbocycles. The first kappa shape index (κ1) is 11.1. The van der Waals surface area contributed by atoms with Gasteiger partial charge in [-0.15, -0.1) is 0 Å². The molecule has 19 heavy (non-hydrogen) atoms. The molecule has 0 aliphatic rings. The second kappa shape index (κ2) is 4.37. The fraction of sp³-hybridized carbons (Fsp3) is 0.100. The first-order valence-corrected chi connectivity index (χ1v) is 5.26. The number of oxazole rings is 1. The van der Waals surface area contributed by atoms with Gasteiger partial charge in [-0.3, -0.25) is 10.1 Å². The zero-order chi connectivity index (χ0) is 13.2. The molecule has 2 aromatic heterocycles. The first-order valence-electron chi connectivity index (χ1n) is 5.26. The van der Waals surface area contributed by atoms with Crippen LogP contribution in [0.2, 0.25) is 0 Å². The van der Waals surface area contributed by atoms with E-state index < -0.39 is 4.92 Å². The maximum Gasteiger partial charge on any atom is 0.296 e. The van der Waals surface area contributed by atoms with Crippen LogP contribution in [0.25, 0.3) is 11.1 Å². The zero-order valence-corrected chi connectivity index (χ0v) is 9.44. The monoisotopic (exact) mass is 261 g/mol. The largest absolute Gasteiger partial charge is 0.424 e. The molecule has 9 heteroatoms. The van der Waals surface area contributed by atoms with Gasteiger partial charge in [0, 0.05) is 12.1 Å². The summed E-state index contributed by atoms with van der Waals surface area (Å²) in [6, 6.07) is 4.44. The van der Waals surface area contributed by atoms with Crippen LogP contribution >= 0.6 is 0 Å². The van der Waals surface area contributed by atoms with Crippen molar-refractivity contribution in [3.63, 3.8) is 0 Å². The van der Waals surface area contributed by atoms with E-state index in [1.807, 2.05) is 0 Å². The number of aromatic nitrogens is 3. The van der Waals surface area contributed by atoms with E-state index in [1.54, 1.807) is 0 Å². The minimum atomic E-state index is -0.486. The minimum Gasteiger partial charge on any atom is -0.424 e. The van der Waals surface area contributed by atoms with E-state index in [9.17, 15) is 10.1 Å². The Hall–Kier alpha value is -2.97. The van der Waals surface area contributed by atoms with Crippen LogP contribution in [0, 0.1) is 10.1 Å². The molecule has 0 fully saturated rings. The molecule has 0 atom stereocenters. The minimum absolute atomic E-state index is 0.0366. The molecule has 0 spiro atoms. The Bertz CT molecular complexity index is 721. The number of non-ortho nitro benzene ring substituents is 1. The number of hydrogen-bond acceptors (Lipinski definition) is 8. The Kier molecular flexibility index (Phi) is 2.56. The highest BCUT2D eigenvalue weighted by molar-refractivity contribution is 5.77. The lowest BCUT2D eigenvalue weighted by Crippen LogP contribution is -2.00. The number of fused-ring (bicyclic) bond motifs is 1. The lowest BCUT2D eigenvalue weighted by molar-refractivity contribution is -0.384. The molecule has 96 valence electrons. The molecule has 0 amide bonds. The van der Waals surface area contributed by atoms with E-state index in [0.717, 1.165) is 0 Å². The number of nitro groups is 1. The van der Waals surface area contributed by atoms with Gasteiger partial charge in [-0.25, -0.2) is 0 Å². The van der Waals surface area contributed by atoms with E-state index in [2.05, 4.69) is 25.0 Å². The molecule has 0 saturated heterocycles. The Morgan fingerprint density at radius 2 is 2.32 bits per heavy atom. The van der Waals surface area contributed by atoms with Crippen LogP contribution in [0.1, 0.15) is 5.82 Å². The van der Waals surface area contributed by atoms with Crippen LogP contribution < -0.4 is 5.32 Å². The molecule has 1 N–H and O–H groups in total. The molecule has 9 nitrogen and oxygen atoms in total. The van der Waals surface area contributed by atoms with Crippen LogP contribution in [0.15, 0.2) is 33.5 Å². The van der Waals surface area contributed by atoms with Gasteiger partial charge in [0.05, 0.1) is 11.5 Å². The molecular formula is C10H7N5O4. The lowest BCUT2D eigenvalue weighted by atomic mass is 10.3. The van der Waals surface area contributed by atoms with Crippen LogP contribution in [-0.4, -0.2) is 20.0 Å². The van der Waals surface area contributed by atoms with Crippen molar-refractivity contribution in [2.75, 3.05) is 5.32 Å². The van der Waals surface area contributed by atoms with Gasteiger partial charge in [0.25, 0.3) is 11.7 Å². The predicted molar refractivity (Wildman–Crippen MR) is 62.3 cm³/mol. The highest BCUT2D eigenvalue weighted by Crippen LogP contribution is 2.23. The number of nitrogens with zero attached hydrogens (tertiary/aromatic N) is 4. The van der Waals surface area contributed by atoms with Crippen LogP contribution in [0.5, 0.6) is 0 Å². The number of hydrogen-bond donors (Lipinski definition) is 1. The zero-order valence-electron chi connectivity index (χ0n) is 9.44. The summed E-state index contributed by atoms with van der Waals surface area (Å²) in [4.78, 5) is 18.1. The molecule has 1 aromatic carbocycles. The average Bonchev–Trinajstić information content (AvgIpc) is 3.04. The fourth-order valence-electron chi connectivity index (χ4n) is 1.53. The molecule has 0 aliphatic carbocycles. The number of rotatable bonds is 4. The number of anilines is 1. The predicted octanol–water partition coefficient (Wildman–Crippen LogP) is 1.73. The van der Waals surface area contributed by atoms with Crippen molar-refractivity contribution >= 4 is 22.8 Å². The third-order valence-corrected chi connectivity index (χ3v) is 2.39. The molecule has 0 unspecified atom stereocenters. The summed E-state index contributed by atoms with van der Waals surface area (Å²) in [5.41, 5.74) is 0.830. The quantitative estimate of drug-likeness (QED) is 0.556. The Morgan fingerprint density at radius 3 is 3.05 bits per heavy atom. The van der Waals surface area contributed by atoms with Crippen LogP contribution in [0.4, 0.5) is 11.7 Å².